The second-order valence-electron chi connectivity index (χ2n) is 5.29. The van der Waals surface area contributed by atoms with E-state index in [2.05, 4.69) is 10.3 Å². The largest absolute Gasteiger partial charge is 0.325 e. The van der Waals surface area contributed by atoms with E-state index < -0.39 is 5.25 Å². The third kappa shape index (κ3) is 3.07. The SMILES string of the molecule is CN=C1SC(CC(=O)Nc2cccc3ccccc23)C(=O)N1C. The molecule has 1 fully saturated rings. The Morgan fingerprint density at radius 2 is 2.00 bits per heavy atom. The normalized spacial score (nSPS) is 19.6. The highest BCUT2D eigenvalue weighted by Crippen LogP contribution is 2.29. The summed E-state index contributed by atoms with van der Waals surface area (Å²) in [5.41, 5.74) is 0.765. The van der Waals surface area contributed by atoms with Crippen LogP contribution in [0.3, 0.4) is 0 Å². The molecule has 0 aromatic heterocycles. The van der Waals surface area contributed by atoms with Crippen molar-refractivity contribution in [1.82, 2.24) is 4.90 Å². The maximum Gasteiger partial charge on any atom is 0.242 e. The second kappa shape index (κ2) is 6.42. The standard InChI is InChI=1S/C17H17N3O2S/c1-18-17-20(2)16(22)14(23-17)10-15(21)19-13-9-5-7-11-6-3-4-8-12(11)13/h3-9,14H,10H2,1-2H3,(H,19,21). The summed E-state index contributed by atoms with van der Waals surface area (Å²) in [6.45, 7) is 0. The number of carbonyl (C=O) groups excluding carboxylic acids is 2. The van der Waals surface area contributed by atoms with Crippen molar-refractivity contribution in [2.75, 3.05) is 19.4 Å². The number of amides is 2. The quantitative estimate of drug-likeness (QED) is 0.943. The van der Waals surface area contributed by atoms with E-state index in [0.29, 0.717) is 5.17 Å². The third-order valence-electron chi connectivity index (χ3n) is 3.77. The van der Waals surface area contributed by atoms with Crippen LogP contribution in [0, 0.1) is 0 Å². The van der Waals surface area contributed by atoms with Gasteiger partial charge in [0.2, 0.25) is 11.8 Å². The molecule has 3 rings (SSSR count). The summed E-state index contributed by atoms with van der Waals surface area (Å²) < 4.78 is 0. The monoisotopic (exact) mass is 327 g/mol. The fraction of sp³-hybridized carbons (Fsp3) is 0.235. The number of aliphatic imine (C=N–C) groups is 1. The van der Waals surface area contributed by atoms with Crippen molar-refractivity contribution in [3.05, 3.63) is 42.5 Å². The maximum absolute atomic E-state index is 12.3. The number of fused-ring (bicyclic) bond motifs is 1. The topological polar surface area (TPSA) is 61.8 Å². The molecule has 0 radical (unpaired) electrons. The van der Waals surface area contributed by atoms with Crippen LogP contribution in [-0.2, 0) is 9.59 Å². The number of nitrogens with one attached hydrogen (secondary N) is 1. The number of benzene rings is 2. The van der Waals surface area contributed by atoms with Crippen LogP contribution >= 0.6 is 11.8 Å². The molecular weight excluding hydrogens is 310 g/mol. The molecule has 2 amide bonds. The van der Waals surface area contributed by atoms with Gasteiger partial charge in [-0.3, -0.25) is 19.5 Å². The first-order chi connectivity index (χ1) is 11.1. The second-order valence-corrected chi connectivity index (χ2v) is 6.46. The van der Waals surface area contributed by atoms with Gasteiger partial charge in [0.15, 0.2) is 5.17 Å². The van der Waals surface area contributed by atoms with Gasteiger partial charge in [0.05, 0.1) is 0 Å². The zero-order chi connectivity index (χ0) is 16.4. The van der Waals surface area contributed by atoms with Gasteiger partial charge < -0.3 is 5.32 Å². The van der Waals surface area contributed by atoms with Gasteiger partial charge in [-0.25, -0.2) is 0 Å². The highest BCUT2D eigenvalue weighted by atomic mass is 32.2. The molecule has 118 valence electrons. The fourth-order valence-electron chi connectivity index (χ4n) is 2.60. The molecule has 2 aromatic rings. The van der Waals surface area contributed by atoms with Crippen LogP contribution in [0.2, 0.25) is 0 Å². The van der Waals surface area contributed by atoms with Crippen molar-refractivity contribution < 1.29 is 9.59 Å². The summed E-state index contributed by atoms with van der Waals surface area (Å²) >= 11 is 1.33. The molecule has 1 unspecified atom stereocenters. The van der Waals surface area contributed by atoms with Crippen molar-refractivity contribution in [3.8, 4) is 0 Å². The van der Waals surface area contributed by atoms with Crippen molar-refractivity contribution in [2.24, 2.45) is 4.99 Å². The maximum atomic E-state index is 12.3. The summed E-state index contributed by atoms with van der Waals surface area (Å²) in [6, 6.07) is 13.6. The minimum absolute atomic E-state index is 0.0799. The molecule has 1 heterocycles. The van der Waals surface area contributed by atoms with E-state index in [0.717, 1.165) is 16.5 Å². The molecule has 1 atom stereocenters. The number of hydrogen-bond acceptors (Lipinski definition) is 4. The number of anilines is 1. The molecule has 0 aliphatic carbocycles. The van der Waals surface area contributed by atoms with E-state index in [4.69, 9.17) is 0 Å². The van der Waals surface area contributed by atoms with Gasteiger partial charge in [-0.2, -0.15) is 0 Å². The Kier molecular flexibility index (Phi) is 4.34. The molecular formula is C17H17N3O2S. The van der Waals surface area contributed by atoms with Crippen molar-refractivity contribution in [2.45, 2.75) is 11.7 Å². The third-order valence-corrected chi connectivity index (χ3v) is 5.09. The first-order valence-corrected chi connectivity index (χ1v) is 8.16. The van der Waals surface area contributed by atoms with Gasteiger partial charge in [-0.05, 0) is 11.5 Å². The predicted molar refractivity (Wildman–Crippen MR) is 94.7 cm³/mol. The van der Waals surface area contributed by atoms with Crippen LogP contribution in [0.5, 0.6) is 0 Å². The first kappa shape index (κ1) is 15.6. The van der Waals surface area contributed by atoms with Crippen molar-refractivity contribution >= 4 is 45.2 Å². The molecule has 23 heavy (non-hydrogen) atoms. The fourth-order valence-corrected chi connectivity index (χ4v) is 3.70. The number of hydrogen-bond donors (Lipinski definition) is 1. The predicted octanol–water partition coefficient (Wildman–Crippen LogP) is 2.73. The minimum atomic E-state index is -0.409. The lowest BCUT2D eigenvalue weighted by molar-refractivity contribution is -0.127. The van der Waals surface area contributed by atoms with E-state index in [1.807, 2.05) is 42.5 Å². The smallest absolute Gasteiger partial charge is 0.242 e. The van der Waals surface area contributed by atoms with E-state index >= 15 is 0 Å². The molecule has 1 saturated heterocycles. The van der Waals surface area contributed by atoms with Gasteiger partial charge in [-0.15, -0.1) is 0 Å². The summed E-state index contributed by atoms with van der Waals surface area (Å²) in [6.07, 6.45) is 0.135. The van der Waals surface area contributed by atoms with Gasteiger partial charge in [0.25, 0.3) is 0 Å². The minimum Gasteiger partial charge on any atom is -0.325 e. The Balaban J connectivity index is 1.74. The van der Waals surface area contributed by atoms with Crippen LogP contribution in [0.1, 0.15) is 6.42 Å². The zero-order valence-electron chi connectivity index (χ0n) is 12.9. The molecule has 1 aliphatic heterocycles. The number of amidine groups is 1. The van der Waals surface area contributed by atoms with Crippen molar-refractivity contribution in [3.63, 3.8) is 0 Å². The number of thioether (sulfide) groups is 1. The summed E-state index contributed by atoms with van der Waals surface area (Å²) in [7, 11) is 3.32. The average Bonchev–Trinajstić information content (AvgIpc) is 2.83. The molecule has 0 bridgehead atoms. The molecule has 0 spiro atoms. The van der Waals surface area contributed by atoms with E-state index in [-0.39, 0.29) is 18.2 Å². The molecule has 6 heteroatoms. The Hall–Kier alpha value is -2.34. The van der Waals surface area contributed by atoms with E-state index in [9.17, 15) is 9.59 Å². The zero-order valence-corrected chi connectivity index (χ0v) is 13.8. The van der Waals surface area contributed by atoms with Crippen molar-refractivity contribution in [1.29, 1.82) is 0 Å². The number of carbonyl (C=O) groups is 2. The molecule has 2 aromatic carbocycles. The molecule has 0 saturated carbocycles. The van der Waals surface area contributed by atoms with Crippen LogP contribution in [0.4, 0.5) is 5.69 Å². The Morgan fingerprint density at radius 3 is 2.74 bits per heavy atom. The number of nitrogens with zero attached hydrogens (tertiary/aromatic N) is 2. The Morgan fingerprint density at radius 1 is 1.26 bits per heavy atom. The van der Waals surface area contributed by atoms with Crippen LogP contribution < -0.4 is 5.32 Å². The lowest BCUT2D eigenvalue weighted by atomic mass is 10.1. The lowest BCUT2D eigenvalue weighted by Gasteiger charge is -2.11. The summed E-state index contributed by atoms with van der Waals surface area (Å²) in [5, 5.41) is 5.21. The highest BCUT2D eigenvalue weighted by molar-refractivity contribution is 8.15. The van der Waals surface area contributed by atoms with Crippen LogP contribution in [0.25, 0.3) is 10.8 Å². The van der Waals surface area contributed by atoms with Crippen LogP contribution in [0.15, 0.2) is 47.5 Å². The first-order valence-electron chi connectivity index (χ1n) is 7.29. The van der Waals surface area contributed by atoms with E-state index in [1.54, 1.807) is 14.1 Å². The summed E-state index contributed by atoms with van der Waals surface area (Å²) in [4.78, 5) is 30.0. The Labute approximate surface area is 138 Å². The molecule has 1 aliphatic rings. The highest BCUT2D eigenvalue weighted by Gasteiger charge is 2.36. The lowest BCUT2D eigenvalue weighted by Crippen LogP contribution is -2.30. The molecule has 5 nitrogen and oxygen atoms in total. The Bertz CT molecular complexity index is 798. The van der Waals surface area contributed by atoms with Crippen LogP contribution in [-0.4, -0.2) is 41.2 Å². The van der Waals surface area contributed by atoms with Gasteiger partial charge in [0.1, 0.15) is 5.25 Å². The van der Waals surface area contributed by atoms with Gasteiger partial charge in [-0.1, -0.05) is 48.2 Å². The van der Waals surface area contributed by atoms with E-state index in [1.165, 1.54) is 16.7 Å². The van der Waals surface area contributed by atoms with Gasteiger partial charge in [0, 0.05) is 31.6 Å². The number of rotatable bonds is 3. The molecule has 1 N–H and O–H groups in total. The van der Waals surface area contributed by atoms with Gasteiger partial charge >= 0.3 is 0 Å². The summed E-state index contributed by atoms with van der Waals surface area (Å²) in [5.74, 6) is -0.248. The average molecular weight is 327 g/mol.